The monoisotopic (exact) mass is 254 g/mol. The molecule has 0 aliphatic heterocycles. The summed E-state index contributed by atoms with van der Waals surface area (Å²) in [6.07, 6.45) is 1.38. The van der Waals surface area contributed by atoms with Crippen LogP contribution in [-0.2, 0) is 11.2 Å². The number of hydrogen-bond donors (Lipinski definition) is 3. The van der Waals surface area contributed by atoms with Gasteiger partial charge in [-0.25, -0.2) is 9.59 Å². The molecule has 8 nitrogen and oxygen atoms in total. The van der Waals surface area contributed by atoms with Crippen molar-refractivity contribution in [3.8, 4) is 0 Å². The second-order valence-electron chi connectivity index (χ2n) is 4.25. The van der Waals surface area contributed by atoms with Crippen LogP contribution in [0.25, 0.3) is 0 Å². The zero-order valence-corrected chi connectivity index (χ0v) is 9.89. The molecule has 1 fully saturated rings. The minimum atomic E-state index is -1.06. The zero-order valence-electron chi connectivity index (χ0n) is 9.89. The molecule has 98 valence electrons. The highest BCUT2D eigenvalue weighted by atomic mass is 16.5. The van der Waals surface area contributed by atoms with Gasteiger partial charge in [-0.3, -0.25) is 0 Å². The number of hydrogen-bond acceptors (Lipinski definition) is 5. The number of nitrogens with one attached hydrogen (secondary N) is 2. The number of aryl methyl sites for hydroxylation is 1. The van der Waals surface area contributed by atoms with E-state index in [0.717, 1.165) is 0 Å². The Labute approximate surface area is 103 Å². The van der Waals surface area contributed by atoms with Crippen LogP contribution in [0.4, 0.5) is 4.79 Å². The maximum atomic E-state index is 11.4. The largest absolute Gasteiger partial charge is 0.480 e. The number of rotatable bonds is 5. The van der Waals surface area contributed by atoms with Crippen molar-refractivity contribution in [3.63, 3.8) is 0 Å². The van der Waals surface area contributed by atoms with Crippen molar-refractivity contribution in [1.82, 2.24) is 20.8 Å². The van der Waals surface area contributed by atoms with E-state index in [1.807, 2.05) is 0 Å². The minimum absolute atomic E-state index is 0.320. The van der Waals surface area contributed by atoms with Gasteiger partial charge in [0.2, 0.25) is 5.89 Å². The summed E-state index contributed by atoms with van der Waals surface area (Å²) in [6, 6.07) is -0.491. The Morgan fingerprint density at radius 3 is 2.72 bits per heavy atom. The molecule has 1 aromatic rings. The molecule has 0 radical (unpaired) electrons. The molecular weight excluding hydrogens is 240 g/mol. The summed E-state index contributed by atoms with van der Waals surface area (Å²) in [5.41, 5.74) is -1.06. The van der Waals surface area contributed by atoms with Crippen molar-refractivity contribution in [1.29, 1.82) is 0 Å². The molecule has 0 unspecified atom stereocenters. The van der Waals surface area contributed by atoms with E-state index in [4.69, 9.17) is 9.63 Å². The van der Waals surface area contributed by atoms with Gasteiger partial charge in [-0.1, -0.05) is 5.16 Å². The summed E-state index contributed by atoms with van der Waals surface area (Å²) < 4.78 is 4.78. The molecule has 1 aliphatic rings. The number of amides is 2. The van der Waals surface area contributed by atoms with Crippen molar-refractivity contribution < 1.29 is 19.2 Å². The SMILES string of the molecule is Cc1nc(CCNC(=O)NC2(C(=O)O)CC2)no1. The summed E-state index contributed by atoms with van der Waals surface area (Å²) in [4.78, 5) is 26.3. The lowest BCUT2D eigenvalue weighted by atomic mass is 10.3. The number of aliphatic carboxylic acids is 1. The third-order valence-corrected chi connectivity index (χ3v) is 2.72. The molecule has 0 saturated heterocycles. The van der Waals surface area contributed by atoms with Crippen molar-refractivity contribution in [3.05, 3.63) is 11.7 Å². The first kappa shape index (κ1) is 12.3. The fraction of sp³-hybridized carbons (Fsp3) is 0.600. The molecule has 0 spiro atoms. The Balaban J connectivity index is 1.71. The number of aromatic nitrogens is 2. The van der Waals surface area contributed by atoms with E-state index in [2.05, 4.69) is 20.8 Å². The van der Waals surface area contributed by atoms with E-state index in [-0.39, 0.29) is 0 Å². The molecule has 1 saturated carbocycles. The predicted octanol–water partition coefficient (Wildman–Crippen LogP) is -0.163. The summed E-state index contributed by atoms with van der Waals surface area (Å²) >= 11 is 0. The van der Waals surface area contributed by atoms with E-state index in [1.165, 1.54) is 0 Å². The highest BCUT2D eigenvalue weighted by molar-refractivity contribution is 5.88. The van der Waals surface area contributed by atoms with Crippen LogP contribution >= 0.6 is 0 Å². The van der Waals surface area contributed by atoms with Gasteiger partial charge in [0.25, 0.3) is 0 Å². The molecule has 3 N–H and O–H groups in total. The van der Waals surface area contributed by atoms with E-state index in [1.54, 1.807) is 6.92 Å². The molecule has 0 aromatic carbocycles. The minimum Gasteiger partial charge on any atom is -0.480 e. The molecule has 2 rings (SSSR count). The number of nitrogens with zero attached hydrogens (tertiary/aromatic N) is 2. The van der Waals surface area contributed by atoms with Gasteiger partial charge in [-0.2, -0.15) is 4.98 Å². The second kappa shape index (κ2) is 4.63. The fourth-order valence-corrected chi connectivity index (χ4v) is 1.51. The van der Waals surface area contributed by atoms with Crippen LogP contribution < -0.4 is 10.6 Å². The van der Waals surface area contributed by atoms with Crippen LogP contribution in [-0.4, -0.2) is 39.3 Å². The van der Waals surface area contributed by atoms with E-state index < -0.39 is 17.5 Å². The standard InChI is InChI=1S/C10H14N4O4/c1-6-12-7(14-18-6)2-5-11-9(17)13-10(3-4-10)8(15)16/h2-5H2,1H3,(H,15,16)(H2,11,13,17). The Kier molecular flexibility index (Phi) is 3.17. The lowest BCUT2D eigenvalue weighted by Crippen LogP contribution is -2.48. The van der Waals surface area contributed by atoms with Crippen LogP contribution in [0, 0.1) is 6.92 Å². The van der Waals surface area contributed by atoms with E-state index in [9.17, 15) is 9.59 Å². The average molecular weight is 254 g/mol. The lowest BCUT2D eigenvalue weighted by molar-refractivity contribution is -0.140. The fourth-order valence-electron chi connectivity index (χ4n) is 1.51. The van der Waals surface area contributed by atoms with Gasteiger partial charge in [0.05, 0.1) is 0 Å². The summed E-state index contributed by atoms with van der Waals surface area (Å²) in [5, 5.41) is 17.6. The molecule has 1 aliphatic carbocycles. The molecule has 2 amide bonds. The van der Waals surface area contributed by atoms with Gasteiger partial charge in [-0.15, -0.1) is 0 Å². The van der Waals surface area contributed by atoms with Gasteiger partial charge >= 0.3 is 12.0 Å². The van der Waals surface area contributed by atoms with Gasteiger partial charge in [0.1, 0.15) is 5.54 Å². The van der Waals surface area contributed by atoms with Gasteiger partial charge in [0.15, 0.2) is 5.82 Å². The van der Waals surface area contributed by atoms with Crippen molar-refractivity contribution in [2.24, 2.45) is 0 Å². The first-order chi connectivity index (χ1) is 8.52. The number of carboxylic acid groups (broad SMARTS) is 1. The van der Waals surface area contributed by atoms with Crippen LogP contribution in [0.5, 0.6) is 0 Å². The Morgan fingerprint density at radius 2 is 2.22 bits per heavy atom. The van der Waals surface area contributed by atoms with E-state index in [0.29, 0.717) is 37.5 Å². The molecular formula is C10H14N4O4. The van der Waals surface area contributed by atoms with Crippen molar-refractivity contribution >= 4 is 12.0 Å². The summed E-state index contributed by atoms with van der Waals surface area (Å²) in [7, 11) is 0. The number of carbonyl (C=O) groups is 2. The third-order valence-electron chi connectivity index (χ3n) is 2.72. The molecule has 8 heteroatoms. The number of urea groups is 1. The normalized spacial score (nSPS) is 16.1. The number of carboxylic acids is 1. The van der Waals surface area contributed by atoms with Crippen LogP contribution in [0.1, 0.15) is 24.6 Å². The number of carbonyl (C=O) groups excluding carboxylic acids is 1. The first-order valence-corrected chi connectivity index (χ1v) is 5.60. The molecule has 1 heterocycles. The van der Waals surface area contributed by atoms with Crippen molar-refractivity contribution in [2.45, 2.75) is 31.7 Å². The van der Waals surface area contributed by atoms with Crippen LogP contribution in [0.2, 0.25) is 0 Å². The Hall–Kier alpha value is -2.12. The average Bonchev–Trinajstić information content (AvgIpc) is 2.96. The van der Waals surface area contributed by atoms with E-state index >= 15 is 0 Å². The quantitative estimate of drug-likeness (QED) is 0.672. The smallest absolute Gasteiger partial charge is 0.329 e. The Morgan fingerprint density at radius 1 is 1.50 bits per heavy atom. The highest BCUT2D eigenvalue weighted by Gasteiger charge is 2.51. The third kappa shape index (κ3) is 2.76. The highest BCUT2D eigenvalue weighted by Crippen LogP contribution is 2.35. The first-order valence-electron chi connectivity index (χ1n) is 5.60. The summed E-state index contributed by atoms with van der Waals surface area (Å²) in [6.45, 7) is 2.00. The molecule has 0 atom stereocenters. The predicted molar refractivity (Wildman–Crippen MR) is 58.9 cm³/mol. The van der Waals surface area contributed by atoms with Crippen LogP contribution in [0.3, 0.4) is 0 Å². The van der Waals surface area contributed by atoms with Crippen molar-refractivity contribution in [2.75, 3.05) is 6.54 Å². The second-order valence-corrected chi connectivity index (χ2v) is 4.25. The van der Waals surface area contributed by atoms with Crippen LogP contribution in [0.15, 0.2) is 4.52 Å². The maximum absolute atomic E-state index is 11.4. The molecule has 1 aromatic heterocycles. The maximum Gasteiger partial charge on any atom is 0.329 e. The van der Waals surface area contributed by atoms with Gasteiger partial charge in [0, 0.05) is 19.9 Å². The molecule has 0 bridgehead atoms. The van der Waals surface area contributed by atoms with Gasteiger partial charge < -0.3 is 20.3 Å². The topological polar surface area (TPSA) is 117 Å². The molecule has 18 heavy (non-hydrogen) atoms. The summed E-state index contributed by atoms with van der Waals surface area (Å²) in [5.74, 6) is -0.0177. The van der Waals surface area contributed by atoms with Gasteiger partial charge in [-0.05, 0) is 12.8 Å². The Bertz CT molecular complexity index is 466. The zero-order chi connectivity index (χ0) is 13.2. The lowest BCUT2D eigenvalue weighted by Gasteiger charge is -2.12.